The number of halogens is 1. The minimum Gasteiger partial charge on any atom is -0.484 e. The van der Waals surface area contributed by atoms with Gasteiger partial charge in [0.2, 0.25) is 5.91 Å². The van der Waals surface area contributed by atoms with E-state index in [1.165, 1.54) is 0 Å². The van der Waals surface area contributed by atoms with Crippen molar-refractivity contribution < 1.29 is 14.3 Å². The zero-order valence-corrected chi connectivity index (χ0v) is 15.3. The van der Waals surface area contributed by atoms with E-state index < -0.39 is 5.91 Å². The number of hydrogen-bond acceptors (Lipinski definition) is 5. The number of hydrogen-bond donors (Lipinski definition) is 3. The first kappa shape index (κ1) is 21.2. The van der Waals surface area contributed by atoms with Crippen molar-refractivity contribution in [3.05, 3.63) is 29.8 Å². The van der Waals surface area contributed by atoms with Crippen molar-refractivity contribution in [2.75, 3.05) is 32.8 Å². The molecule has 2 rings (SSSR count). The molecule has 0 aromatic heterocycles. The summed E-state index contributed by atoms with van der Waals surface area (Å²) in [6.45, 7) is 5.29. The number of carbonyl (C=O) groups excluding carboxylic acids is 2. The van der Waals surface area contributed by atoms with Crippen LogP contribution in [0.4, 0.5) is 0 Å². The monoisotopic (exact) mass is 370 g/mol. The van der Waals surface area contributed by atoms with Crippen molar-refractivity contribution in [1.82, 2.24) is 10.2 Å². The maximum Gasteiger partial charge on any atom is 0.255 e. The van der Waals surface area contributed by atoms with Gasteiger partial charge in [0, 0.05) is 13.1 Å². The Morgan fingerprint density at radius 2 is 2.00 bits per heavy atom. The van der Waals surface area contributed by atoms with E-state index in [0.29, 0.717) is 25.4 Å². The molecular formula is C17H27ClN4O3. The highest BCUT2D eigenvalue weighted by molar-refractivity contribution is 5.85. The molecule has 2 amide bonds. The van der Waals surface area contributed by atoms with E-state index >= 15 is 0 Å². The van der Waals surface area contributed by atoms with Crippen molar-refractivity contribution >= 4 is 24.2 Å². The number of nitrogens with one attached hydrogen (secondary N) is 1. The summed E-state index contributed by atoms with van der Waals surface area (Å²) >= 11 is 0. The third-order valence-corrected chi connectivity index (χ3v) is 4.29. The lowest BCUT2D eigenvalue weighted by Crippen LogP contribution is -2.38. The molecular weight excluding hydrogens is 344 g/mol. The molecule has 0 bridgehead atoms. The van der Waals surface area contributed by atoms with Gasteiger partial charge in [0.05, 0.1) is 6.54 Å². The fourth-order valence-electron chi connectivity index (χ4n) is 2.75. The smallest absolute Gasteiger partial charge is 0.255 e. The average molecular weight is 371 g/mol. The van der Waals surface area contributed by atoms with Crippen LogP contribution in [0.1, 0.15) is 18.9 Å². The van der Waals surface area contributed by atoms with Crippen molar-refractivity contribution in [2.24, 2.45) is 16.9 Å². The van der Waals surface area contributed by atoms with E-state index in [0.717, 1.165) is 25.1 Å². The quantitative estimate of drug-likeness (QED) is 0.608. The van der Waals surface area contributed by atoms with Gasteiger partial charge in [-0.15, -0.1) is 12.4 Å². The molecule has 1 aromatic rings. The normalized spacial score (nSPS) is 19.9. The zero-order chi connectivity index (χ0) is 17.6. The molecule has 140 valence electrons. The predicted molar refractivity (Wildman–Crippen MR) is 98.4 cm³/mol. The Hall–Kier alpha value is -1.83. The summed E-state index contributed by atoms with van der Waals surface area (Å²) < 4.78 is 5.19. The Labute approximate surface area is 154 Å². The second-order valence-corrected chi connectivity index (χ2v) is 6.65. The van der Waals surface area contributed by atoms with Crippen molar-refractivity contribution in [2.45, 2.75) is 19.9 Å². The van der Waals surface area contributed by atoms with E-state index in [2.05, 4.69) is 17.1 Å². The van der Waals surface area contributed by atoms with Gasteiger partial charge in [-0.2, -0.15) is 0 Å². The minimum absolute atomic E-state index is 0. The lowest BCUT2D eigenvalue weighted by molar-refractivity contribution is -0.122. The highest BCUT2D eigenvalue weighted by atomic mass is 35.5. The van der Waals surface area contributed by atoms with Gasteiger partial charge in [0.1, 0.15) is 5.75 Å². The number of likely N-dealkylation sites (tertiary alicyclic amines) is 1. The highest BCUT2D eigenvalue weighted by Crippen LogP contribution is 2.27. The molecule has 1 atom stereocenters. The average Bonchev–Trinajstić information content (AvgIpc) is 2.93. The minimum atomic E-state index is -0.515. The molecule has 1 unspecified atom stereocenters. The van der Waals surface area contributed by atoms with Crippen molar-refractivity contribution in [3.63, 3.8) is 0 Å². The fourth-order valence-corrected chi connectivity index (χ4v) is 2.75. The molecule has 5 N–H and O–H groups in total. The van der Waals surface area contributed by atoms with E-state index in [9.17, 15) is 9.59 Å². The number of nitrogens with zero attached hydrogens (tertiary/aromatic N) is 1. The van der Waals surface area contributed by atoms with Gasteiger partial charge in [-0.3, -0.25) is 14.5 Å². The number of rotatable bonds is 8. The van der Waals surface area contributed by atoms with Gasteiger partial charge in [0.25, 0.3) is 5.91 Å². The standard InChI is InChI=1S/C17H26N4O3.ClH/c1-17(11-18)6-7-21(12-17)9-16(23)20-8-13-2-4-14(5-3-13)24-10-15(19)22;/h2-5H,6-12,18H2,1H3,(H2,19,22)(H,20,23);1H. The molecule has 1 aromatic carbocycles. The third-order valence-electron chi connectivity index (χ3n) is 4.29. The lowest BCUT2D eigenvalue weighted by Gasteiger charge is -2.22. The van der Waals surface area contributed by atoms with Crippen LogP contribution in [-0.4, -0.2) is 49.5 Å². The summed E-state index contributed by atoms with van der Waals surface area (Å²) in [4.78, 5) is 24.9. The first-order valence-corrected chi connectivity index (χ1v) is 8.09. The van der Waals surface area contributed by atoms with Crippen LogP contribution in [0.2, 0.25) is 0 Å². The first-order chi connectivity index (χ1) is 11.4. The molecule has 7 nitrogen and oxygen atoms in total. The molecule has 0 saturated carbocycles. The Kier molecular flexibility index (Phi) is 8.15. The summed E-state index contributed by atoms with van der Waals surface area (Å²) in [7, 11) is 0. The fraction of sp³-hybridized carbons (Fsp3) is 0.529. The Bertz CT molecular complexity index is 582. The van der Waals surface area contributed by atoms with Crippen LogP contribution in [0.25, 0.3) is 0 Å². The molecule has 1 aliphatic heterocycles. The second-order valence-electron chi connectivity index (χ2n) is 6.65. The van der Waals surface area contributed by atoms with Gasteiger partial charge in [0.15, 0.2) is 6.61 Å². The van der Waals surface area contributed by atoms with Gasteiger partial charge in [-0.1, -0.05) is 19.1 Å². The highest BCUT2D eigenvalue weighted by Gasteiger charge is 2.32. The van der Waals surface area contributed by atoms with Crippen LogP contribution >= 0.6 is 12.4 Å². The van der Waals surface area contributed by atoms with Crippen LogP contribution in [0.15, 0.2) is 24.3 Å². The maximum absolute atomic E-state index is 12.1. The van der Waals surface area contributed by atoms with Crippen molar-refractivity contribution in [3.8, 4) is 5.75 Å². The summed E-state index contributed by atoms with van der Waals surface area (Å²) in [6.07, 6.45) is 1.03. The first-order valence-electron chi connectivity index (χ1n) is 8.09. The molecule has 1 heterocycles. The summed E-state index contributed by atoms with van der Waals surface area (Å²) in [5, 5.41) is 2.91. The number of amides is 2. The Balaban J connectivity index is 0.00000312. The van der Waals surface area contributed by atoms with Gasteiger partial charge in [-0.25, -0.2) is 0 Å². The van der Waals surface area contributed by atoms with Crippen LogP contribution in [0.5, 0.6) is 5.75 Å². The number of primary amides is 1. The SMILES string of the molecule is CC1(CN)CCN(CC(=O)NCc2ccc(OCC(N)=O)cc2)C1.Cl. The molecule has 8 heteroatoms. The molecule has 0 spiro atoms. The molecule has 0 radical (unpaired) electrons. The Morgan fingerprint density at radius 3 is 2.56 bits per heavy atom. The number of carbonyl (C=O) groups is 2. The van der Waals surface area contributed by atoms with E-state index in [1.54, 1.807) is 12.1 Å². The zero-order valence-electron chi connectivity index (χ0n) is 14.5. The molecule has 25 heavy (non-hydrogen) atoms. The summed E-state index contributed by atoms with van der Waals surface area (Å²) in [5.41, 5.74) is 11.9. The van der Waals surface area contributed by atoms with Gasteiger partial charge >= 0.3 is 0 Å². The largest absolute Gasteiger partial charge is 0.484 e. The molecule has 1 aliphatic rings. The Morgan fingerprint density at radius 1 is 1.32 bits per heavy atom. The van der Waals surface area contributed by atoms with E-state index in [1.807, 2.05) is 12.1 Å². The lowest BCUT2D eigenvalue weighted by atomic mass is 9.90. The van der Waals surface area contributed by atoms with Crippen LogP contribution in [0.3, 0.4) is 0 Å². The maximum atomic E-state index is 12.1. The molecule has 1 saturated heterocycles. The predicted octanol–water partition coefficient (Wildman–Crippen LogP) is 0.259. The van der Waals surface area contributed by atoms with Gasteiger partial charge < -0.3 is 21.5 Å². The molecule has 0 aliphatic carbocycles. The number of ether oxygens (including phenoxy) is 1. The third kappa shape index (κ3) is 6.89. The summed E-state index contributed by atoms with van der Waals surface area (Å²) in [6, 6.07) is 7.19. The topological polar surface area (TPSA) is 111 Å². The van der Waals surface area contributed by atoms with Crippen LogP contribution < -0.4 is 21.5 Å². The van der Waals surface area contributed by atoms with Gasteiger partial charge in [-0.05, 0) is 42.6 Å². The van der Waals surface area contributed by atoms with Crippen molar-refractivity contribution in [1.29, 1.82) is 0 Å². The summed E-state index contributed by atoms with van der Waals surface area (Å²) in [5.74, 6) is 0.0614. The number of nitrogens with two attached hydrogens (primary N) is 2. The van der Waals surface area contributed by atoms with Crippen LogP contribution in [0, 0.1) is 5.41 Å². The second kappa shape index (κ2) is 9.60. The van der Waals surface area contributed by atoms with E-state index in [-0.39, 0.29) is 30.3 Å². The van der Waals surface area contributed by atoms with Crippen LogP contribution in [-0.2, 0) is 16.1 Å². The molecule has 1 fully saturated rings. The number of benzene rings is 1. The van der Waals surface area contributed by atoms with E-state index in [4.69, 9.17) is 16.2 Å².